The lowest BCUT2D eigenvalue weighted by atomic mass is 10.3. The van der Waals surface area contributed by atoms with Crippen molar-refractivity contribution in [2.45, 2.75) is 13.8 Å². The van der Waals surface area contributed by atoms with Gasteiger partial charge in [0, 0.05) is 6.92 Å². The zero-order valence-electron chi connectivity index (χ0n) is 8.79. The third-order valence-corrected chi connectivity index (χ3v) is 1.64. The third kappa shape index (κ3) is 6.76. The van der Waals surface area contributed by atoms with Gasteiger partial charge in [0.25, 0.3) is 5.82 Å². The zero-order chi connectivity index (χ0) is 12.1. The Morgan fingerprint density at radius 1 is 1.33 bits per heavy atom. The first-order valence-corrected chi connectivity index (χ1v) is 4.29. The summed E-state index contributed by atoms with van der Waals surface area (Å²) in [5.74, 6) is 1.23. The average molecular weight is 224 g/mol. The van der Waals surface area contributed by atoms with Gasteiger partial charge in [-0.3, -0.25) is 0 Å². The van der Waals surface area contributed by atoms with E-state index in [1.807, 2.05) is 38.6 Å². The number of nitrogens with zero attached hydrogens (tertiary/aromatic N) is 2. The first-order chi connectivity index (χ1) is 6.75. The van der Waals surface area contributed by atoms with Crippen LogP contribution in [0.25, 0.3) is 6.20 Å². The highest BCUT2D eigenvalue weighted by Gasteiger charge is 2.20. The van der Waals surface area contributed by atoms with Crippen molar-refractivity contribution in [1.82, 2.24) is 4.57 Å². The molecule has 0 aliphatic rings. The monoisotopic (exact) mass is 224 g/mol. The van der Waals surface area contributed by atoms with E-state index in [1.54, 1.807) is 0 Å². The molecule has 0 aliphatic carbocycles. The smallest absolute Gasteiger partial charge is 0.418 e. The summed E-state index contributed by atoms with van der Waals surface area (Å²) in [4.78, 5) is 0. The molecule has 0 bridgehead atoms. The maximum atomic E-state index is 9.75. The Morgan fingerprint density at radius 3 is 2.07 bits per heavy atom. The quantitative estimate of drug-likeness (QED) is 0.393. The summed E-state index contributed by atoms with van der Waals surface area (Å²) in [6, 6.07) is 0. The molecule has 0 radical (unpaired) electrons. The molecular weight excluding hydrogens is 211 g/mol. The van der Waals surface area contributed by atoms with Crippen molar-refractivity contribution >= 4 is 13.5 Å². The minimum Gasteiger partial charge on any atom is -0.418 e. The minimum absolute atomic E-state index is 1.23. The highest BCUT2D eigenvalue weighted by Crippen LogP contribution is 2.06. The van der Waals surface area contributed by atoms with E-state index in [0.717, 1.165) is 0 Å². The maximum absolute atomic E-state index is 9.75. The normalized spacial score (nSPS) is 11.4. The van der Waals surface area contributed by atoms with Crippen LogP contribution in [0.5, 0.6) is 0 Å². The first kappa shape index (κ1) is 13.7. The van der Waals surface area contributed by atoms with Gasteiger partial charge in [0.05, 0.1) is 13.2 Å². The molecular formula is C8H13BF4N2. The van der Waals surface area contributed by atoms with Gasteiger partial charge >= 0.3 is 7.25 Å². The number of aromatic nitrogens is 2. The number of hydrogen-bond donors (Lipinski definition) is 0. The Morgan fingerprint density at radius 2 is 1.80 bits per heavy atom. The zero-order valence-corrected chi connectivity index (χ0v) is 8.79. The molecule has 0 fully saturated rings. The van der Waals surface area contributed by atoms with Crippen LogP contribution < -0.4 is 4.57 Å². The van der Waals surface area contributed by atoms with Gasteiger partial charge in [-0.2, -0.15) is 0 Å². The van der Waals surface area contributed by atoms with Crippen LogP contribution in [0.3, 0.4) is 0 Å². The topological polar surface area (TPSA) is 8.81 Å². The number of rotatable bonds is 1. The van der Waals surface area contributed by atoms with E-state index in [1.165, 1.54) is 5.82 Å². The van der Waals surface area contributed by atoms with Gasteiger partial charge in [0.15, 0.2) is 0 Å². The summed E-state index contributed by atoms with van der Waals surface area (Å²) in [7, 11) is -3.96. The first-order valence-electron chi connectivity index (χ1n) is 4.29. The predicted molar refractivity (Wildman–Crippen MR) is 51.5 cm³/mol. The lowest BCUT2D eigenvalue weighted by molar-refractivity contribution is -0.676. The van der Waals surface area contributed by atoms with Crippen LogP contribution in [0, 0.1) is 6.92 Å². The lowest BCUT2D eigenvalue weighted by Crippen LogP contribution is -2.29. The minimum atomic E-state index is -6.00. The Labute approximate surface area is 85.9 Å². The van der Waals surface area contributed by atoms with Crippen molar-refractivity contribution in [3.8, 4) is 0 Å². The van der Waals surface area contributed by atoms with Crippen LogP contribution in [0.15, 0.2) is 18.5 Å². The van der Waals surface area contributed by atoms with E-state index in [4.69, 9.17) is 0 Å². The Kier molecular flexibility index (Phi) is 5.11. The van der Waals surface area contributed by atoms with Gasteiger partial charge in [-0.05, 0) is 13.0 Å². The van der Waals surface area contributed by atoms with Crippen molar-refractivity contribution in [3.63, 3.8) is 0 Å². The molecule has 86 valence electrons. The molecule has 0 saturated heterocycles. The molecule has 1 aromatic rings. The number of allylic oxidation sites excluding steroid dienone is 1. The molecule has 0 saturated carbocycles. The summed E-state index contributed by atoms with van der Waals surface area (Å²) in [5, 5.41) is 0. The second-order valence-electron chi connectivity index (χ2n) is 2.84. The van der Waals surface area contributed by atoms with Crippen molar-refractivity contribution in [3.05, 3.63) is 24.3 Å². The molecule has 0 spiro atoms. The third-order valence-electron chi connectivity index (χ3n) is 1.64. The average Bonchev–Trinajstić information content (AvgIpc) is 2.34. The fourth-order valence-electron chi connectivity index (χ4n) is 0.888. The Hall–Kier alpha value is -1.27. The van der Waals surface area contributed by atoms with Crippen LogP contribution >= 0.6 is 0 Å². The van der Waals surface area contributed by atoms with E-state index in [0.29, 0.717) is 0 Å². The van der Waals surface area contributed by atoms with Crippen LogP contribution in [0.2, 0.25) is 0 Å². The number of aryl methyl sites for hydroxylation is 1. The highest BCUT2D eigenvalue weighted by molar-refractivity contribution is 6.50. The second-order valence-corrected chi connectivity index (χ2v) is 2.84. The van der Waals surface area contributed by atoms with E-state index in [2.05, 4.69) is 16.1 Å². The van der Waals surface area contributed by atoms with E-state index < -0.39 is 7.25 Å². The highest BCUT2D eigenvalue weighted by atomic mass is 19.5. The molecule has 1 rings (SSSR count). The molecule has 0 aromatic carbocycles. The molecule has 1 aromatic heterocycles. The van der Waals surface area contributed by atoms with Gasteiger partial charge in [-0.1, -0.05) is 0 Å². The maximum Gasteiger partial charge on any atom is 0.673 e. The lowest BCUT2D eigenvalue weighted by Gasteiger charge is -1.94. The second kappa shape index (κ2) is 5.58. The summed E-state index contributed by atoms with van der Waals surface area (Å²) in [6.45, 7) is 4.10. The molecule has 0 atom stereocenters. The van der Waals surface area contributed by atoms with E-state index in [-0.39, 0.29) is 0 Å². The number of hydrogen-bond acceptors (Lipinski definition) is 0. The molecule has 15 heavy (non-hydrogen) atoms. The number of imidazole rings is 1. The Balaban J connectivity index is 0.000000336. The van der Waals surface area contributed by atoms with Gasteiger partial charge in [-0.25, -0.2) is 9.13 Å². The fourth-order valence-corrected chi connectivity index (χ4v) is 0.888. The van der Waals surface area contributed by atoms with Crippen LogP contribution in [0.1, 0.15) is 12.7 Å². The molecule has 2 nitrogen and oxygen atoms in total. The van der Waals surface area contributed by atoms with Crippen LogP contribution in [-0.4, -0.2) is 11.8 Å². The summed E-state index contributed by atoms with van der Waals surface area (Å²) in [6.07, 6.45) is 8.13. The summed E-state index contributed by atoms with van der Waals surface area (Å²) >= 11 is 0. The fraction of sp³-hybridized carbons (Fsp3) is 0.375. The predicted octanol–water partition coefficient (Wildman–Crippen LogP) is 2.41. The van der Waals surface area contributed by atoms with Crippen molar-refractivity contribution < 1.29 is 21.8 Å². The molecule has 0 amide bonds. The number of halogens is 4. The molecule has 7 heteroatoms. The van der Waals surface area contributed by atoms with E-state index in [9.17, 15) is 17.3 Å². The molecule has 1 heterocycles. The molecule has 0 unspecified atom stereocenters. The van der Waals surface area contributed by atoms with Crippen molar-refractivity contribution in [2.75, 3.05) is 0 Å². The SMILES string of the molecule is CC=Cn1cc[n+](C)c1C.F[B-](F)(F)F. The van der Waals surface area contributed by atoms with E-state index >= 15 is 0 Å². The van der Waals surface area contributed by atoms with Gasteiger partial charge in [0.2, 0.25) is 0 Å². The van der Waals surface area contributed by atoms with Crippen LogP contribution in [-0.2, 0) is 7.05 Å². The van der Waals surface area contributed by atoms with Gasteiger partial charge < -0.3 is 17.3 Å². The van der Waals surface area contributed by atoms with Crippen molar-refractivity contribution in [1.29, 1.82) is 0 Å². The largest absolute Gasteiger partial charge is 0.673 e. The standard InChI is InChI=1S/C8H13N2.BF4/c1-4-5-10-7-6-9(3)8(10)2;2-1(3,4)5/h4-7H,1-3H3;/q+1;-1. The molecule has 0 aliphatic heterocycles. The summed E-state index contributed by atoms with van der Waals surface area (Å²) in [5.41, 5.74) is 0. The van der Waals surface area contributed by atoms with Gasteiger partial charge in [-0.15, -0.1) is 0 Å². The summed E-state index contributed by atoms with van der Waals surface area (Å²) < 4.78 is 43.2. The molecule has 0 N–H and O–H groups in total. The van der Waals surface area contributed by atoms with Crippen LogP contribution in [0.4, 0.5) is 17.3 Å². The van der Waals surface area contributed by atoms with Crippen molar-refractivity contribution in [2.24, 2.45) is 7.05 Å². The van der Waals surface area contributed by atoms with Gasteiger partial charge in [0.1, 0.15) is 12.4 Å². The Bertz CT molecular complexity index is 324.